The van der Waals surface area contributed by atoms with E-state index in [1.54, 1.807) is 50.4 Å². The van der Waals surface area contributed by atoms with Crippen LogP contribution in [0.3, 0.4) is 0 Å². The van der Waals surface area contributed by atoms with Crippen LogP contribution in [0.2, 0.25) is 0 Å². The Hall–Kier alpha value is -3.08. The summed E-state index contributed by atoms with van der Waals surface area (Å²) >= 11 is 0. The molecule has 0 saturated heterocycles. The number of ether oxygens (including phenoxy) is 3. The minimum absolute atomic E-state index is 0.234. The van der Waals surface area contributed by atoms with E-state index < -0.39 is 12.1 Å². The van der Waals surface area contributed by atoms with Crippen molar-refractivity contribution >= 4 is 17.8 Å². The van der Waals surface area contributed by atoms with Crippen molar-refractivity contribution in [1.29, 1.82) is 0 Å². The Balaban J connectivity index is 2.05. The summed E-state index contributed by atoms with van der Waals surface area (Å²) in [6.45, 7) is 5.48. The summed E-state index contributed by atoms with van der Waals surface area (Å²) in [5.74, 6) is 0.385. The van der Waals surface area contributed by atoms with Crippen molar-refractivity contribution in [1.82, 2.24) is 0 Å². The van der Waals surface area contributed by atoms with Crippen LogP contribution in [0.25, 0.3) is 6.08 Å². The molecule has 0 aliphatic carbocycles. The third-order valence-corrected chi connectivity index (χ3v) is 4.29. The number of carbonyl (C=O) groups excluding carboxylic acids is 2. The second kappa shape index (κ2) is 9.03. The molecular formula is C22H24O5. The normalized spacial score (nSPS) is 11.9. The van der Waals surface area contributed by atoms with Gasteiger partial charge in [-0.1, -0.05) is 12.1 Å². The van der Waals surface area contributed by atoms with E-state index in [0.717, 1.165) is 11.1 Å². The van der Waals surface area contributed by atoms with E-state index in [4.69, 9.17) is 14.2 Å². The number of rotatable bonds is 7. The summed E-state index contributed by atoms with van der Waals surface area (Å²) in [5, 5.41) is 0. The molecule has 0 aliphatic heterocycles. The molecule has 0 saturated carbocycles. The van der Waals surface area contributed by atoms with Gasteiger partial charge in [0.15, 0.2) is 6.10 Å². The van der Waals surface area contributed by atoms with Crippen molar-refractivity contribution in [3.63, 3.8) is 0 Å². The molecule has 0 aliphatic rings. The van der Waals surface area contributed by atoms with Crippen LogP contribution in [0.15, 0.2) is 42.5 Å². The van der Waals surface area contributed by atoms with Crippen molar-refractivity contribution in [2.75, 3.05) is 14.2 Å². The van der Waals surface area contributed by atoms with E-state index in [1.807, 2.05) is 19.9 Å². The maximum atomic E-state index is 12.5. The lowest BCUT2D eigenvalue weighted by Crippen LogP contribution is -2.23. The zero-order valence-corrected chi connectivity index (χ0v) is 16.2. The van der Waals surface area contributed by atoms with Crippen LogP contribution in [0, 0.1) is 13.8 Å². The third-order valence-electron chi connectivity index (χ3n) is 4.29. The van der Waals surface area contributed by atoms with Crippen LogP contribution in [0.4, 0.5) is 0 Å². The Labute approximate surface area is 159 Å². The first-order valence-electron chi connectivity index (χ1n) is 8.58. The largest absolute Gasteiger partial charge is 0.497 e. The Morgan fingerprint density at radius 1 is 0.963 bits per heavy atom. The van der Waals surface area contributed by atoms with Crippen LogP contribution >= 0.6 is 0 Å². The summed E-state index contributed by atoms with van der Waals surface area (Å²) in [6, 6.07) is 10.7. The summed E-state index contributed by atoms with van der Waals surface area (Å²) in [5.41, 5.74) is 3.35. The van der Waals surface area contributed by atoms with Crippen molar-refractivity contribution in [3.05, 3.63) is 64.7 Å². The summed E-state index contributed by atoms with van der Waals surface area (Å²) in [6.07, 6.45) is 1.98. The van der Waals surface area contributed by atoms with Gasteiger partial charge in [0.25, 0.3) is 0 Å². The fourth-order valence-electron chi connectivity index (χ4n) is 2.51. The second-order valence-corrected chi connectivity index (χ2v) is 6.18. The molecule has 2 aromatic carbocycles. The highest BCUT2D eigenvalue weighted by Gasteiger charge is 2.19. The molecule has 1 atom stereocenters. The minimum Gasteiger partial charge on any atom is -0.497 e. The molecule has 142 valence electrons. The van der Waals surface area contributed by atoms with Gasteiger partial charge in [-0.05, 0) is 56.2 Å². The monoisotopic (exact) mass is 368 g/mol. The molecule has 0 bridgehead atoms. The lowest BCUT2D eigenvalue weighted by atomic mass is 10.0. The van der Waals surface area contributed by atoms with Gasteiger partial charge in [-0.3, -0.25) is 4.79 Å². The van der Waals surface area contributed by atoms with Gasteiger partial charge in [0, 0.05) is 23.3 Å². The van der Waals surface area contributed by atoms with Crippen LogP contribution in [-0.2, 0) is 9.53 Å². The molecule has 27 heavy (non-hydrogen) atoms. The molecule has 5 nitrogen and oxygen atoms in total. The Morgan fingerprint density at radius 2 is 1.70 bits per heavy atom. The van der Waals surface area contributed by atoms with Crippen molar-refractivity contribution < 1.29 is 23.8 Å². The standard InChI is InChI=1S/C22H24O5/c1-14-6-7-18(12-15(14)2)22(24)16(3)27-21(23)11-9-17-8-10-19(25-4)13-20(17)26-5/h6-13,16H,1-5H3/b11-9+/t16-/m1/s1. The molecule has 0 aromatic heterocycles. The number of ketones is 1. The average molecular weight is 368 g/mol. The van der Waals surface area contributed by atoms with Crippen LogP contribution in [0.5, 0.6) is 11.5 Å². The van der Waals surface area contributed by atoms with E-state index in [1.165, 1.54) is 13.2 Å². The number of aryl methyl sites for hydroxylation is 2. The fourth-order valence-corrected chi connectivity index (χ4v) is 2.51. The van der Waals surface area contributed by atoms with Crippen molar-refractivity contribution in [2.24, 2.45) is 0 Å². The predicted octanol–water partition coefficient (Wildman–Crippen LogP) is 4.15. The van der Waals surface area contributed by atoms with Gasteiger partial charge < -0.3 is 14.2 Å². The number of esters is 1. The molecule has 0 spiro atoms. The van der Waals surface area contributed by atoms with E-state index in [0.29, 0.717) is 22.6 Å². The summed E-state index contributed by atoms with van der Waals surface area (Å²) in [4.78, 5) is 24.5. The van der Waals surface area contributed by atoms with Gasteiger partial charge in [0.1, 0.15) is 11.5 Å². The minimum atomic E-state index is -0.873. The highest BCUT2D eigenvalue weighted by Crippen LogP contribution is 2.25. The first-order valence-corrected chi connectivity index (χ1v) is 8.58. The number of methoxy groups -OCH3 is 2. The van der Waals surface area contributed by atoms with Crippen molar-refractivity contribution in [2.45, 2.75) is 26.9 Å². The number of hydrogen-bond donors (Lipinski definition) is 0. The first kappa shape index (κ1) is 20.2. The zero-order chi connectivity index (χ0) is 20.0. The third kappa shape index (κ3) is 5.20. The Kier molecular flexibility index (Phi) is 6.77. The lowest BCUT2D eigenvalue weighted by molar-refractivity contribution is -0.140. The van der Waals surface area contributed by atoms with E-state index in [9.17, 15) is 9.59 Å². The molecule has 0 heterocycles. The van der Waals surface area contributed by atoms with Crippen LogP contribution in [0.1, 0.15) is 34.0 Å². The molecule has 2 rings (SSSR count). The number of Topliss-reactive ketones (excluding diaryl/α,β-unsaturated/α-hetero) is 1. The molecule has 0 unspecified atom stereocenters. The second-order valence-electron chi connectivity index (χ2n) is 6.18. The zero-order valence-electron chi connectivity index (χ0n) is 16.2. The molecule has 2 aromatic rings. The predicted molar refractivity (Wildman–Crippen MR) is 104 cm³/mol. The number of carbonyl (C=O) groups is 2. The van der Waals surface area contributed by atoms with E-state index >= 15 is 0 Å². The molecule has 5 heteroatoms. The van der Waals surface area contributed by atoms with Gasteiger partial charge in [0.05, 0.1) is 14.2 Å². The smallest absolute Gasteiger partial charge is 0.331 e. The summed E-state index contributed by atoms with van der Waals surface area (Å²) in [7, 11) is 3.10. The van der Waals surface area contributed by atoms with Gasteiger partial charge in [-0.2, -0.15) is 0 Å². The molecule has 0 radical (unpaired) electrons. The Bertz CT molecular complexity index is 867. The van der Waals surface area contributed by atoms with Gasteiger partial charge in [-0.25, -0.2) is 4.79 Å². The topological polar surface area (TPSA) is 61.8 Å². The highest BCUT2D eigenvalue weighted by atomic mass is 16.5. The average Bonchev–Trinajstić information content (AvgIpc) is 2.67. The van der Waals surface area contributed by atoms with E-state index in [-0.39, 0.29) is 5.78 Å². The molecule has 0 fully saturated rings. The SMILES string of the molecule is COc1ccc(/C=C/C(=O)O[C@H](C)C(=O)c2ccc(C)c(C)c2)c(OC)c1. The fraction of sp³-hybridized carbons (Fsp3) is 0.273. The summed E-state index contributed by atoms with van der Waals surface area (Å²) < 4.78 is 15.7. The number of benzene rings is 2. The molecular weight excluding hydrogens is 344 g/mol. The maximum absolute atomic E-state index is 12.5. The van der Waals surface area contributed by atoms with Gasteiger partial charge in [-0.15, -0.1) is 0 Å². The molecule has 0 amide bonds. The van der Waals surface area contributed by atoms with Gasteiger partial charge in [0.2, 0.25) is 5.78 Å². The maximum Gasteiger partial charge on any atom is 0.331 e. The molecule has 0 N–H and O–H groups in total. The van der Waals surface area contributed by atoms with E-state index in [2.05, 4.69) is 0 Å². The number of hydrogen-bond acceptors (Lipinski definition) is 5. The van der Waals surface area contributed by atoms with Crippen molar-refractivity contribution in [3.8, 4) is 11.5 Å². The van der Waals surface area contributed by atoms with Crippen LogP contribution < -0.4 is 9.47 Å². The highest BCUT2D eigenvalue weighted by molar-refractivity contribution is 6.01. The van der Waals surface area contributed by atoms with Gasteiger partial charge >= 0.3 is 5.97 Å². The first-order chi connectivity index (χ1) is 12.8. The quantitative estimate of drug-likeness (QED) is 0.417. The Morgan fingerprint density at radius 3 is 2.33 bits per heavy atom. The van der Waals surface area contributed by atoms with Crippen LogP contribution in [-0.4, -0.2) is 32.1 Å². The lowest BCUT2D eigenvalue weighted by Gasteiger charge is -2.12.